The zero-order chi connectivity index (χ0) is 30.7. The topological polar surface area (TPSA) is 118 Å². The van der Waals surface area contributed by atoms with Gasteiger partial charge in [-0.3, -0.25) is 14.4 Å². The maximum Gasteiger partial charge on any atom is 0.238 e. The molecule has 0 aromatic heterocycles. The van der Waals surface area contributed by atoms with Crippen LogP contribution in [0.1, 0.15) is 43.4 Å². The Morgan fingerprint density at radius 3 is 2.62 bits per heavy atom. The van der Waals surface area contributed by atoms with Crippen molar-refractivity contribution in [2.24, 2.45) is 5.92 Å². The molecule has 9 heteroatoms. The van der Waals surface area contributed by atoms with E-state index in [0.29, 0.717) is 28.3 Å². The molecule has 1 N–H and O–H groups in total. The second kappa shape index (κ2) is 10.1. The molecule has 0 aliphatic carbocycles. The minimum Gasteiger partial charge on any atom is -0.478 e. The molecule has 4 aliphatic rings. The third-order valence-corrected chi connectivity index (χ3v) is 9.22. The summed E-state index contributed by atoms with van der Waals surface area (Å²) in [6.07, 6.45) is 3.72. The van der Waals surface area contributed by atoms with Crippen molar-refractivity contribution in [1.29, 1.82) is 5.26 Å². The summed E-state index contributed by atoms with van der Waals surface area (Å²) in [7, 11) is 0. The van der Waals surface area contributed by atoms with Crippen molar-refractivity contribution in [2.75, 3.05) is 18.7 Å². The summed E-state index contributed by atoms with van der Waals surface area (Å²) in [6.45, 7) is -0.220. The number of ether oxygens (including phenoxy) is 3. The lowest BCUT2D eigenvalue weighted by molar-refractivity contribution is -0.122. The van der Waals surface area contributed by atoms with Gasteiger partial charge in [-0.25, -0.2) is 0 Å². The number of nitriles is 1. The number of para-hydroxylation sites is 2. The van der Waals surface area contributed by atoms with Crippen LogP contribution in [0.4, 0.5) is 5.69 Å². The highest BCUT2D eigenvalue weighted by molar-refractivity contribution is 6.17. The fourth-order valence-corrected chi connectivity index (χ4v) is 7.46. The van der Waals surface area contributed by atoms with Gasteiger partial charge in [-0.1, -0.05) is 54.6 Å². The molecule has 0 saturated carbocycles. The van der Waals surface area contributed by atoms with Gasteiger partial charge in [-0.2, -0.15) is 5.26 Å². The summed E-state index contributed by atoms with van der Waals surface area (Å²) in [6, 6.07) is 26.9. The van der Waals surface area contributed by atoms with Crippen molar-refractivity contribution in [3.63, 3.8) is 0 Å². The monoisotopic (exact) mass is 595 g/mol. The van der Waals surface area contributed by atoms with E-state index in [9.17, 15) is 14.9 Å². The summed E-state index contributed by atoms with van der Waals surface area (Å²) < 4.78 is 16.8. The molecule has 4 atom stereocenters. The summed E-state index contributed by atoms with van der Waals surface area (Å²) in [5, 5.41) is 12.3. The maximum absolute atomic E-state index is 15.1. The highest BCUT2D eigenvalue weighted by Gasteiger charge is 2.70. The molecule has 0 unspecified atom stereocenters. The molecule has 45 heavy (non-hydrogen) atoms. The number of anilines is 1. The second-order valence-corrected chi connectivity index (χ2v) is 11.3. The molecule has 220 valence electrons. The molecular formula is C36H25N3O6. The summed E-state index contributed by atoms with van der Waals surface area (Å²) >= 11 is 0. The number of carbonyl (C=O) groups excluding carboxylic acids is 3. The third kappa shape index (κ3) is 3.75. The summed E-state index contributed by atoms with van der Waals surface area (Å²) in [5.74, 6) is -1.13. The molecule has 1 fully saturated rings. The van der Waals surface area contributed by atoms with Crippen molar-refractivity contribution in [2.45, 2.75) is 17.5 Å². The fraction of sp³-hybridized carbons (Fsp3) is 0.167. The van der Waals surface area contributed by atoms with Gasteiger partial charge in [-0.05, 0) is 59.2 Å². The van der Waals surface area contributed by atoms with Crippen molar-refractivity contribution in [3.05, 3.63) is 125 Å². The molecule has 4 aromatic rings. The van der Waals surface area contributed by atoms with Crippen LogP contribution in [-0.4, -0.2) is 41.8 Å². The molecule has 9 nitrogen and oxygen atoms in total. The Kier molecular flexibility index (Phi) is 6.00. The largest absolute Gasteiger partial charge is 0.478 e. The number of hydrogen-bond donors (Lipinski definition) is 1. The van der Waals surface area contributed by atoms with Crippen molar-refractivity contribution < 1.29 is 28.6 Å². The zero-order valence-electron chi connectivity index (χ0n) is 23.8. The Hall–Kier alpha value is -5.88. The average molecular weight is 596 g/mol. The fourth-order valence-electron chi connectivity index (χ4n) is 7.46. The average Bonchev–Trinajstić information content (AvgIpc) is 3.76. The molecule has 4 aromatic carbocycles. The Morgan fingerprint density at radius 2 is 1.73 bits per heavy atom. The number of Topliss-reactive ketones (excluding diaryl/α,β-unsaturated/α-hetero) is 2. The Balaban J connectivity index is 1.40. The van der Waals surface area contributed by atoms with Crippen LogP contribution in [-0.2, 0) is 10.2 Å². The SMILES string of the molecule is N#CCOc1ccccc1C(=O)[C@@H]1[C@H](C(=O)c2ccc3c(c2)OCO3)[C@]2(C(=O)Nc3ccccc32)[C@@H]2c3ccccc3C=CN12. The van der Waals surface area contributed by atoms with Gasteiger partial charge >= 0.3 is 0 Å². The highest BCUT2D eigenvalue weighted by Crippen LogP contribution is 2.62. The van der Waals surface area contributed by atoms with E-state index < -0.39 is 29.2 Å². The van der Waals surface area contributed by atoms with E-state index in [1.54, 1.807) is 42.5 Å². The van der Waals surface area contributed by atoms with E-state index in [-0.39, 0.29) is 36.4 Å². The van der Waals surface area contributed by atoms with Crippen molar-refractivity contribution in [3.8, 4) is 23.3 Å². The minimum absolute atomic E-state index is 0.0359. The van der Waals surface area contributed by atoms with Crippen LogP contribution in [0.5, 0.6) is 17.2 Å². The molecule has 0 bridgehead atoms. The quantitative estimate of drug-likeness (QED) is 0.299. The van der Waals surface area contributed by atoms with Gasteiger partial charge < -0.3 is 24.4 Å². The number of rotatable bonds is 6. The standard InChI is InChI=1S/C36H25N3O6/c37-16-18-43-27-12-6-3-9-24(27)33(41)31-30(32(40)22-13-14-28-29(19-22)45-20-44-28)36(25-10-4-5-11-26(25)38-35(36)42)34-23-8-2-1-7-21(23)15-17-39(31)34/h1-15,17,19,30-31,34H,18,20H2,(H,38,42)/t30-,31+,34+,36+/m1/s1. The van der Waals surface area contributed by atoms with Crippen molar-refractivity contribution in [1.82, 2.24) is 4.90 Å². The highest BCUT2D eigenvalue weighted by atomic mass is 16.7. The molecule has 1 spiro atoms. The molecule has 8 rings (SSSR count). The third-order valence-electron chi connectivity index (χ3n) is 9.22. The smallest absolute Gasteiger partial charge is 0.238 e. The first-order valence-electron chi connectivity index (χ1n) is 14.6. The minimum atomic E-state index is -1.48. The lowest BCUT2D eigenvalue weighted by Crippen LogP contribution is -2.49. The number of nitrogens with zero attached hydrogens (tertiary/aromatic N) is 2. The van der Waals surface area contributed by atoms with Gasteiger partial charge in [0.05, 0.1) is 17.5 Å². The van der Waals surface area contributed by atoms with E-state index in [4.69, 9.17) is 14.2 Å². The van der Waals surface area contributed by atoms with E-state index in [2.05, 4.69) is 5.32 Å². The van der Waals surface area contributed by atoms with Gasteiger partial charge in [0.2, 0.25) is 12.7 Å². The van der Waals surface area contributed by atoms with Crippen LogP contribution in [0.15, 0.2) is 97.2 Å². The van der Waals surface area contributed by atoms with Gasteiger partial charge in [0, 0.05) is 17.5 Å². The number of benzene rings is 4. The van der Waals surface area contributed by atoms with Gasteiger partial charge in [0.15, 0.2) is 29.7 Å². The number of ketones is 2. The van der Waals surface area contributed by atoms with Crippen LogP contribution < -0.4 is 19.5 Å². The molecular weight excluding hydrogens is 570 g/mol. The Labute approximate surface area is 258 Å². The number of hydrogen-bond acceptors (Lipinski definition) is 8. The molecule has 1 amide bonds. The van der Waals surface area contributed by atoms with Crippen LogP contribution in [0.25, 0.3) is 6.08 Å². The zero-order valence-corrected chi connectivity index (χ0v) is 23.8. The maximum atomic E-state index is 15.1. The molecule has 4 aliphatic heterocycles. The first-order chi connectivity index (χ1) is 22.0. The first kappa shape index (κ1) is 26.7. The van der Waals surface area contributed by atoms with Crippen LogP contribution in [0, 0.1) is 17.2 Å². The van der Waals surface area contributed by atoms with E-state index in [1.807, 2.05) is 71.8 Å². The predicted octanol–water partition coefficient (Wildman–Crippen LogP) is 5.30. The number of nitrogens with one attached hydrogen (secondary N) is 1. The van der Waals surface area contributed by atoms with E-state index in [0.717, 1.165) is 11.1 Å². The molecule has 1 saturated heterocycles. The normalized spacial score (nSPS) is 23.1. The number of fused-ring (bicyclic) bond motifs is 7. The first-order valence-corrected chi connectivity index (χ1v) is 14.6. The number of amides is 1. The predicted molar refractivity (Wildman–Crippen MR) is 163 cm³/mol. The molecule has 0 radical (unpaired) electrons. The van der Waals surface area contributed by atoms with Crippen LogP contribution >= 0.6 is 0 Å². The van der Waals surface area contributed by atoms with Crippen LogP contribution in [0.3, 0.4) is 0 Å². The lowest BCUT2D eigenvalue weighted by atomic mass is 9.62. The van der Waals surface area contributed by atoms with Crippen LogP contribution in [0.2, 0.25) is 0 Å². The molecule has 4 heterocycles. The van der Waals surface area contributed by atoms with Gasteiger partial charge in [0.1, 0.15) is 23.3 Å². The van der Waals surface area contributed by atoms with Gasteiger partial charge in [-0.15, -0.1) is 0 Å². The summed E-state index contributed by atoms with van der Waals surface area (Å²) in [5.41, 5.74) is 2.02. The van der Waals surface area contributed by atoms with Gasteiger partial charge in [0.25, 0.3) is 0 Å². The summed E-state index contributed by atoms with van der Waals surface area (Å²) in [4.78, 5) is 46.5. The Morgan fingerprint density at radius 1 is 0.956 bits per heavy atom. The second-order valence-electron chi connectivity index (χ2n) is 11.3. The van der Waals surface area contributed by atoms with Crippen molar-refractivity contribution >= 4 is 29.2 Å². The van der Waals surface area contributed by atoms with E-state index in [1.165, 1.54) is 0 Å². The lowest BCUT2D eigenvalue weighted by Gasteiger charge is -2.38. The van der Waals surface area contributed by atoms with E-state index >= 15 is 4.79 Å². The Bertz CT molecular complexity index is 2000. The number of carbonyl (C=O) groups is 3.